The van der Waals surface area contributed by atoms with Crippen molar-refractivity contribution in [2.45, 2.75) is 238 Å². The zero-order valence-corrected chi connectivity index (χ0v) is 41.5. The third kappa shape index (κ3) is 51.2. The molecule has 0 aliphatic rings. The fourth-order valence-corrected chi connectivity index (χ4v) is 7.09. The van der Waals surface area contributed by atoms with E-state index in [2.05, 4.69) is 123 Å². The topological polar surface area (TPSA) is 72.8 Å². The van der Waals surface area contributed by atoms with Gasteiger partial charge in [0.25, 0.3) is 0 Å². The van der Waals surface area contributed by atoms with Crippen LogP contribution in [0.4, 0.5) is 0 Å². The van der Waals surface area contributed by atoms with E-state index < -0.39 is 6.10 Å². The summed E-state index contributed by atoms with van der Waals surface area (Å²) in [5.74, 6) is -0.611. The van der Waals surface area contributed by atoms with E-state index in [1.54, 1.807) is 0 Å². The second-order valence-electron chi connectivity index (χ2n) is 17.2. The van der Waals surface area contributed by atoms with Gasteiger partial charge in [-0.1, -0.05) is 226 Å². The lowest BCUT2D eigenvalue weighted by Crippen LogP contribution is -2.28. The highest BCUT2D eigenvalue weighted by molar-refractivity contribution is 5.70. The summed E-state index contributed by atoms with van der Waals surface area (Å²) >= 11 is 0. The fraction of sp³-hybridized carbons (Fsp3) is 0.661. The molecule has 0 aromatic rings. The Balaban J connectivity index is 3.56. The van der Waals surface area contributed by atoms with E-state index in [9.17, 15) is 14.7 Å². The number of carbonyl (C=O) groups excluding carboxylic acids is 2. The van der Waals surface area contributed by atoms with Gasteiger partial charge in [-0.05, 0) is 103 Å². The van der Waals surface area contributed by atoms with Crippen LogP contribution in [0, 0.1) is 0 Å². The Hall–Kier alpha value is -3.44. The number of rotatable bonds is 47. The van der Waals surface area contributed by atoms with Gasteiger partial charge in [0.05, 0.1) is 6.61 Å². The van der Waals surface area contributed by atoms with E-state index in [-0.39, 0.29) is 25.2 Å². The van der Waals surface area contributed by atoms with E-state index in [0.29, 0.717) is 12.8 Å². The van der Waals surface area contributed by atoms with Gasteiger partial charge in [-0.15, -0.1) is 0 Å². The Kier molecular flexibility index (Phi) is 51.0. The molecule has 0 rings (SSSR count). The molecule has 0 saturated carbocycles. The minimum atomic E-state index is -0.786. The molecule has 0 amide bonds. The Morgan fingerprint density at radius 2 is 0.672 bits per heavy atom. The Morgan fingerprint density at radius 3 is 1.02 bits per heavy atom. The Labute approximate surface area is 395 Å². The fourth-order valence-electron chi connectivity index (χ4n) is 7.09. The summed E-state index contributed by atoms with van der Waals surface area (Å²) in [6, 6.07) is 0. The van der Waals surface area contributed by atoms with Crippen LogP contribution in [0.25, 0.3) is 0 Å². The van der Waals surface area contributed by atoms with E-state index in [0.717, 1.165) is 96.3 Å². The molecule has 0 aliphatic heterocycles. The second-order valence-corrected chi connectivity index (χ2v) is 17.2. The molecular weight excluding hydrogens is 789 g/mol. The third-order valence-electron chi connectivity index (χ3n) is 11.1. The highest BCUT2D eigenvalue weighted by Gasteiger charge is 2.16. The maximum Gasteiger partial charge on any atom is 0.306 e. The van der Waals surface area contributed by atoms with Crippen molar-refractivity contribution in [3.05, 3.63) is 109 Å². The number of aliphatic hydroxyl groups is 1. The molecule has 0 radical (unpaired) electrons. The van der Waals surface area contributed by atoms with Gasteiger partial charge in [0, 0.05) is 12.8 Å². The van der Waals surface area contributed by atoms with Crippen LogP contribution in [-0.2, 0) is 19.1 Å². The molecule has 0 fully saturated rings. The number of esters is 2. The first kappa shape index (κ1) is 60.6. The lowest BCUT2D eigenvalue weighted by Gasteiger charge is -2.15. The molecule has 0 heterocycles. The number of hydrogen-bond acceptors (Lipinski definition) is 5. The Morgan fingerprint density at radius 1 is 0.375 bits per heavy atom. The van der Waals surface area contributed by atoms with Gasteiger partial charge in [-0.2, -0.15) is 0 Å². The zero-order valence-electron chi connectivity index (χ0n) is 41.5. The van der Waals surface area contributed by atoms with Gasteiger partial charge in [0.2, 0.25) is 0 Å². The second kappa shape index (κ2) is 53.9. The van der Waals surface area contributed by atoms with Crippen LogP contribution in [-0.4, -0.2) is 36.4 Å². The number of hydrogen-bond donors (Lipinski definition) is 1. The van der Waals surface area contributed by atoms with Crippen LogP contribution in [0.15, 0.2) is 109 Å². The summed E-state index contributed by atoms with van der Waals surface area (Å²) in [5, 5.41) is 9.63. The maximum absolute atomic E-state index is 12.3. The summed E-state index contributed by atoms with van der Waals surface area (Å²) < 4.78 is 10.7. The van der Waals surface area contributed by atoms with Crippen LogP contribution >= 0.6 is 0 Å². The van der Waals surface area contributed by atoms with Crippen LogP contribution in [0.3, 0.4) is 0 Å². The van der Waals surface area contributed by atoms with Gasteiger partial charge in [-0.25, -0.2) is 0 Å². The molecule has 1 N–H and O–H groups in total. The minimum Gasteiger partial charge on any atom is -0.462 e. The van der Waals surface area contributed by atoms with Crippen molar-refractivity contribution < 1.29 is 24.2 Å². The predicted octanol–water partition coefficient (Wildman–Crippen LogP) is 17.7. The van der Waals surface area contributed by atoms with Crippen molar-refractivity contribution >= 4 is 11.9 Å². The number of ether oxygens (including phenoxy) is 2. The van der Waals surface area contributed by atoms with Crippen molar-refractivity contribution in [3.63, 3.8) is 0 Å². The van der Waals surface area contributed by atoms with Gasteiger partial charge in [0.1, 0.15) is 6.61 Å². The first-order valence-electron chi connectivity index (χ1n) is 26.4. The molecular formula is C59H98O5. The number of carbonyl (C=O) groups is 2. The summed E-state index contributed by atoms with van der Waals surface area (Å²) in [4.78, 5) is 24.5. The minimum absolute atomic E-state index is 0.0785. The maximum atomic E-state index is 12.3. The molecule has 0 spiro atoms. The van der Waals surface area contributed by atoms with Crippen molar-refractivity contribution in [1.29, 1.82) is 0 Å². The van der Waals surface area contributed by atoms with E-state index in [1.165, 1.54) is 109 Å². The monoisotopic (exact) mass is 887 g/mol. The highest BCUT2D eigenvalue weighted by atomic mass is 16.6. The first-order chi connectivity index (χ1) is 31.6. The van der Waals surface area contributed by atoms with Gasteiger partial charge >= 0.3 is 11.9 Å². The molecule has 0 aromatic carbocycles. The summed E-state index contributed by atoms with van der Waals surface area (Å²) in [6.45, 7) is 3.99. The van der Waals surface area contributed by atoms with E-state index >= 15 is 0 Å². The summed E-state index contributed by atoms with van der Waals surface area (Å²) in [5.41, 5.74) is 0. The molecule has 0 saturated heterocycles. The molecule has 64 heavy (non-hydrogen) atoms. The van der Waals surface area contributed by atoms with E-state index in [1.807, 2.05) is 0 Å². The smallest absolute Gasteiger partial charge is 0.306 e. The molecule has 1 unspecified atom stereocenters. The van der Waals surface area contributed by atoms with Gasteiger partial charge in [0.15, 0.2) is 6.10 Å². The molecule has 1 atom stereocenters. The van der Waals surface area contributed by atoms with Crippen molar-refractivity contribution in [2.75, 3.05) is 13.2 Å². The molecule has 0 aromatic heterocycles. The average Bonchev–Trinajstić information content (AvgIpc) is 3.30. The molecule has 364 valence electrons. The van der Waals surface area contributed by atoms with Crippen molar-refractivity contribution in [3.8, 4) is 0 Å². The van der Waals surface area contributed by atoms with Crippen molar-refractivity contribution in [1.82, 2.24) is 0 Å². The van der Waals surface area contributed by atoms with Crippen LogP contribution in [0.2, 0.25) is 0 Å². The normalized spacial score (nSPS) is 13.1. The Bertz CT molecular complexity index is 1280. The summed E-state index contributed by atoms with van der Waals surface area (Å²) in [7, 11) is 0. The average molecular weight is 887 g/mol. The molecule has 0 bridgehead atoms. The van der Waals surface area contributed by atoms with Gasteiger partial charge < -0.3 is 14.6 Å². The standard InChI is InChI=1S/C59H98O5/c1-3-5-7-9-11-13-15-17-19-21-23-24-25-26-27-28-29-30-31-32-33-34-36-38-40-42-44-46-48-50-52-54-59(62)64-57(55-60)56-63-58(61)53-51-49-47-45-43-41-39-37-35-22-20-18-16-14-12-10-8-6-4-2/h5,7,11-14,17-20,23-24,26-27,29-30,35,37,57,60H,3-4,6,8-10,15-16,21-22,25,28,31-34,36,38-56H2,1-2H3/b7-5-,13-11-,14-12-,19-17-,20-18-,24-23-,27-26-,30-29-,37-35-. The summed E-state index contributed by atoms with van der Waals surface area (Å²) in [6.07, 6.45) is 77.5. The quantitative estimate of drug-likeness (QED) is 0.0374. The SMILES string of the molecule is CC/C=C\C/C=C\C/C=C\C/C=C\C/C=C\C/C=C\CCCCCCCCCCCCCCC(=O)OC(CO)COC(=O)CCCCCCCC/C=C\C/C=C\C/C=C\CCCCC. The first-order valence-corrected chi connectivity index (χ1v) is 26.4. The van der Waals surface area contributed by atoms with Gasteiger partial charge in [-0.3, -0.25) is 9.59 Å². The van der Waals surface area contributed by atoms with Crippen LogP contribution in [0.5, 0.6) is 0 Å². The molecule has 0 aliphatic carbocycles. The van der Waals surface area contributed by atoms with Crippen LogP contribution in [0.1, 0.15) is 232 Å². The third-order valence-corrected chi connectivity index (χ3v) is 11.1. The lowest BCUT2D eigenvalue weighted by molar-refractivity contribution is -0.161. The largest absolute Gasteiger partial charge is 0.462 e. The predicted molar refractivity (Wildman–Crippen MR) is 279 cm³/mol. The zero-order chi connectivity index (χ0) is 46.3. The van der Waals surface area contributed by atoms with E-state index in [4.69, 9.17) is 9.47 Å². The number of aliphatic hydroxyl groups excluding tert-OH is 1. The molecule has 5 heteroatoms. The van der Waals surface area contributed by atoms with Crippen LogP contribution < -0.4 is 0 Å². The highest BCUT2D eigenvalue weighted by Crippen LogP contribution is 2.14. The lowest BCUT2D eigenvalue weighted by atomic mass is 10.0. The number of allylic oxidation sites excluding steroid dienone is 18. The number of unbranched alkanes of at least 4 members (excludes halogenated alkanes) is 21. The van der Waals surface area contributed by atoms with Crippen molar-refractivity contribution in [2.24, 2.45) is 0 Å². The molecule has 5 nitrogen and oxygen atoms in total.